The van der Waals surface area contributed by atoms with Crippen LogP contribution in [0.3, 0.4) is 0 Å². The summed E-state index contributed by atoms with van der Waals surface area (Å²) in [6.45, 7) is 0. The van der Waals surface area contributed by atoms with E-state index in [1.165, 1.54) is 13.2 Å². The van der Waals surface area contributed by atoms with Crippen LogP contribution in [0, 0.1) is 0 Å². The molecule has 1 fully saturated rings. The minimum Gasteiger partial charge on any atom is -0.507 e. The van der Waals surface area contributed by atoms with Crippen LogP contribution in [0.15, 0.2) is 18.2 Å². The average molecular weight is 284 g/mol. The molecule has 2 rings (SSSR count). The third-order valence-corrected chi connectivity index (χ3v) is 3.88. The average Bonchev–Trinajstić information content (AvgIpc) is 2.41. The van der Waals surface area contributed by atoms with Gasteiger partial charge in [0.05, 0.1) is 12.7 Å². The molecule has 19 heavy (non-hydrogen) atoms. The van der Waals surface area contributed by atoms with Gasteiger partial charge in [0.25, 0.3) is 5.91 Å². The maximum atomic E-state index is 12.1. The van der Waals surface area contributed by atoms with Crippen LogP contribution in [0.1, 0.15) is 36.0 Å². The minimum absolute atomic E-state index is 0.0668. The van der Waals surface area contributed by atoms with E-state index in [0.717, 1.165) is 25.7 Å². The zero-order chi connectivity index (χ0) is 13.8. The molecule has 1 aromatic rings. The number of nitrogens with one attached hydrogen (secondary N) is 1. The van der Waals surface area contributed by atoms with E-state index >= 15 is 0 Å². The van der Waals surface area contributed by atoms with Gasteiger partial charge in [-0.25, -0.2) is 0 Å². The number of hydrogen-bond donors (Lipinski definition) is 2. The van der Waals surface area contributed by atoms with E-state index in [9.17, 15) is 9.90 Å². The van der Waals surface area contributed by atoms with Gasteiger partial charge in [-0.2, -0.15) is 0 Å². The Kier molecular flexibility index (Phi) is 4.53. The van der Waals surface area contributed by atoms with Crippen LogP contribution in [-0.2, 0) is 0 Å². The van der Waals surface area contributed by atoms with Crippen molar-refractivity contribution in [3.63, 3.8) is 0 Å². The van der Waals surface area contributed by atoms with Crippen LogP contribution < -0.4 is 10.1 Å². The molecule has 5 heteroatoms. The summed E-state index contributed by atoms with van der Waals surface area (Å²) in [7, 11) is 1.51. The molecule has 0 bridgehead atoms. The van der Waals surface area contributed by atoms with Gasteiger partial charge >= 0.3 is 0 Å². The Labute approximate surface area is 117 Å². The molecule has 104 valence electrons. The molecule has 0 aromatic heterocycles. The van der Waals surface area contributed by atoms with Crippen molar-refractivity contribution in [3.8, 4) is 11.5 Å². The van der Waals surface area contributed by atoms with E-state index < -0.39 is 0 Å². The van der Waals surface area contributed by atoms with Gasteiger partial charge in [-0.3, -0.25) is 4.79 Å². The van der Waals surface area contributed by atoms with Crippen molar-refractivity contribution in [2.45, 2.75) is 37.1 Å². The molecule has 1 amide bonds. The maximum Gasteiger partial charge on any atom is 0.255 e. The maximum absolute atomic E-state index is 12.1. The lowest BCUT2D eigenvalue weighted by Crippen LogP contribution is -2.37. The van der Waals surface area contributed by atoms with Crippen molar-refractivity contribution in [1.29, 1.82) is 0 Å². The summed E-state index contributed by atoms with van der Waals surface area (Å²) in [6, 6.07) is 4.80. The Bertz CT molecular complexity index is 456. The predicted octanol–water partition coefficient (Wildman–Crippen LogP) is 2.68. The quantitative estimate of drug-likeness (QED) is 0.839. The number of benzene rings is 1. The van der Waals surface area contributed by atoms with Crippen molar-refractivity contribution < 1.29 is 14.6 Å². The largest absolute Gasteiger partial charge is 0.507 e. The van der Waals surface area contributed by atoms with Gasteiger partial charge < -0.3 is 15.2 Å². The van der Waals surface area contributed by atoms with Gasteiger partial charge in [-0.1, -0.05) is 0 Å². The number of methoxy groups -OCH3 is 1. The van der Waals surface area contributed by atoms with E-state index in [-0.39, 0.29) is 28.6 Å². The lowest BCUT2D eigenvalue weighted by molar-refractivity contribution is 0.0925. The normalized spacial score (nSPS) is 22.8. The molecule has 0 saturated heterocycles. The number of halogens is 1. The summed E-state index contributed by atoms with van der Waals surface area (Å²) >= 11 is 6.03. The lowest BCUT2D eigenvalue weighted by atomic mass is 9.95. The highest BCUT2D eigenvalue weighted by atomic mass is 35.5. The molecule has 4 nitrogen and oxygen atoms in total. The molecule has 0 heterocycles. The number of ether oxygens (including phenoxy) is 1. The number of hydrogen-bond acceptors (Lipinski definition) is 3. The monoisotopic (exact) mass is 283 g/mol. The molecule has 0 aliphatic heterocycles. The Morgan fingerprint density at radius 1 is 1.37 bits per heavy atom. The van der Waals surface area contributed by atoms with E-state index in [2.05, 4.69) is 5.32 Å². The zero-order valence-corrected chi connectivity index (χ0v) is 11.6. The second-order valence-electron chi connectivity index (χ2n) is 4.81. The number of amides is 1. The van der Waals surface area contributed by atoms with Crippen LogP contribution >= 0.6 is 11.6 Å². The lowest BCUT2D eigenvalue weighted by Gasteiger charge is -2.25. The summed E-state index contributed by atoms with van der Waals surface area (Å²) in [5, 5.41) is 13.0. The first-order valence-corrected chi connectivity index (χ1v) is 6.85. The molecule has 2 N–H and O–H groups in total. The highest BCUT2D eigenvalue weighted by Crippen LogP contribution is 2.25. The van der Waals surface area contributed by atoms with Crippen molar-refractivity contribution in [1.82, 2.24) is 5.32 Å². The molecule has 1 aliphatic carbocycles. The molecule has 0 atom stereocenters. The van der Waals surface area contributed by atoms with Crippen LogP contribution in [0.2, 0.25) is 0 Å². The molecule has 1 aliphatic rings. The van der Waals surface area contributed by atoms with E-state index in [4.69, 9.17) is 16.3 Å². The second kappa shape index (κ2) is 6.15. The van der Waals surface area contributed by atoms with E-state index in [1.807, 2.05) is 0 Å². The zero-order valence-electron chi connectivity index (χ0n) is 10.9. The van der Waals surface area contributed by atoms with Gasteiger partial charge in [0.1, 0.15) is 11.5 Å². The number of aromatic hydroxyl groups is 1. The number of phenolic OH excluding ortho intramolecular Hbond substituents is 1. The van der Waals surface area contributed by atoms with Gasteiger partial charge in [0.2, 0.25) is 0 Å². The van der Waals surface area contributed by atoms with Gasteiger partial charge in [0, 0.05) is 17.5 Å². The number of carbonyl (C=O) groups is 1. The summed E-state index contributed by atoms with van der Waals surface area (Å²) < 4.78 is 4.99. The first kappa shape index (κ1) is 14.0. The highest BCUT2D eigenvalue weighted by molar-refractivity contribution is 6.20. The molecular formula is C14H18ClNO3. The smallest absolute Gasteiger partial charge is 0.255 e. The minimum atomic E-state index is -0.252. The Hall–Kier alpha value is -1.42. The summed E-state index contributed by atoms with van der Waals surface area (Å²) in [5.74, 6) is 0.206. The van der Waals surface area contributed by atoms with Crippen LogP contribution in [0.4, 0.5) is 0 Å². The summed E-state index contributed by atoms with van der Waals surface area (Å²) in [5.41, 5.74) is 0.272. The highest BCUT2D eigenvalue weighted by Gasteiger charge is 2.22. The van der Waals surface area contributed by atoms with E-state index in [1.54, 1.807) is 12.1 Å². The summed E-state index contributed by atoms with van der Waals surface area (Å²) in [6.07, 6.45) is 3.61. The van der Waals surface area contributed by atoms with Crippen LogP contribution in [0.5, 0.6) is 11.5 Å². The Morgan fingerprint density at radius 3 is 2.63 bits per heavy atom. The first-order chi connectivity index (χ1) is 9.10. The molecular weight excluding hydrogens is 266 g/mol. The topological polar surface area (TPSA) is 58.6 Å². The van der Waals surface area contributed by atoms with Crippen LogP contribution in [0.25, 0.3) is 0 Å². The fourth-order valence-corrected chi connectivity index (χ4v) is 2.54. The van der Waals surface area contributed by atoms with Gasteiger partial charge in [-0.05, 0) is 37.8 Å². The Morgan fingerprint density at radius 2 is 2.05 bits per heavy atom. The van der Waals surface area contributed by atoms with E-state index in [0.29, 0.717) is 5.75 Å². The fraction of sp³-hybridized carbons (Fsp3) is 0.500. The van der Waals surface area contributed by atoms with Crippen molar-refractivity contribution >= 4 is 17.5 Å². The third-order valence-electron chi connectivity index (χ3n) is 3.44. The standard InChI is InChI=1S/C14H18ClNO3/c1-19-11-6-7-12(13(17)8-11)14(18)16-10-4-2-9(15)3-5-10/h6-10,17H,2-5H2,1H3,(H,16,18). The van der Waals surface area contributed by atoms with Crippen molar-refractivity contribution in [3.05, 3.63) is 23.8 Å². The van der Waals surface area contributed by atoms with Crippen LogP contribution in [-0.4, -0.2) is 29.5 Å². The molecule has 0 spiro atoms. The Balaban J connectivity index is 2.00. The SMILES string of the molecule is COc1ccc(C(=O)NC2CCC(Cl)CC2)c(O)c1. The molecule has 0 unspecified atom stereocenters. The number of phenols is 1. The molecule has 1 saturated carbocycles. The number of carbonyl (C=O) groups excluding carboxylic acids is 1. The van der Waals surface area contributed by atoms with Gasteiger partial charge in [-0.15, -0.1) is 11.6 Å². The second-order valence-corrected chi connectivity index (χ2v) is 5.42. The van der Waals surface area contributed by atoms with Gasteiger partial charge in [0.15, 0.2) is 0 Å². The number of rotatable bonds is 3. The van der Waals surface area contributed by atoms with Crippen molar-refractivity contribution in [2.24, 2.45) is 0 Å². The summed E-state index contributed by atoms with van der Waals surface area (Å²) in [4.78, 5) is 12.1. The predicted molar refractivity (Wildman–Crippen MR) is 74.0 cm³/mol. The fourth-order valence-electron chi connectivity index (χ4n) is 2.29. The molecule has 1 aromatic carbocycles. The third kappa shape index (κ3) is 3.53. The number of alkyl halides is 1. The molecule has 0 radical (unpaired) electrons. The van der Waals surface area contributed by atoms with Crippen molar-refractivity contribution in [2.75, 3.05) is 7.11 Å². The first-order valence-electron chi connectivity index (χ1n) is 6.42.